The van der Waals surface area contributed by atoms with Crippen molar-refractivity contribution < 1.29 is 4.74 Å². The first-order chi connectivity index (χ1) is 8.26. The SMILES string of the molecule is BrCc1ccc(Br)cc1N1CC2CCC(C1)O2. The summed E-state index contributed by atoms with van der Waals surface area (Å²) in [4.78, 5) is 2.48. The van der Waals surface area contributed by atoms with Gasteiger partial charge in [-0.1, -0.05) is 37.9 Å². The van der Waals surface area contributed by atoms with Crippen LogP contribution >= 0.6 is 31.9 Å². The molecule has 0 saturated carbocycles. The van der Waals surface area contributed by atoms with Crippen molar-refractivity contribution in [3.63, 3.8) is 0 Å². The zero-order valence-corrected chi connectivity index (χ0v) is 12.7. The van der Waals surface area contributed by atoms with Gasteiger partial charge in [0.15, 0.2) is 0 Å². The van der Waals surface area contributed by atoms with Crippen LogP contribution in [0.3, 0.4) is 0 Å². The molecule has 0 aromatic heterocycles. The summed E-state index contributed by atoms with van der Waals surface area (Å²) >= 11 is 7.14. The minimum atomic E-state index is 0.441. The van der Waals surface area contributed by atoms with Gasteiger partial charge in [0, 0.05) is 28.6 Å². The first-order valence-corrected chi connectivity index (χ1v) is 7.92. The molecule has 2 aliphatic heterocycles. The third-order valence-electron chi connectivity index (χ3n) is 3.58. The molecule has 0 aliphatic carbocycles. The number of morpholine rings is 1. The van der Waals surface area contributed by atoms with Gasteiger partial charge in [-0.2, -0.15) is 0 Å². The van der Waals surface area contributed by atoms with Crippen LogP contribution in [0.2, 0.25) is 0 Å². The molecule has 1 aromatic rings. The van der Waals surface area contributed by atoms with Gasteiger partial charge in [0.2, 0.25) is 0 Å². The van der Waals surface area contributed by atoms with Gasteiger partial charge in [0.1, 0.15) is 0 Å². The van der Waals surface area contributed by atoms with Crippen LogP contribution in [0, 0.1) is 0 Å². The van der Waals surface area contributed by atoms with E-state index in [1.807, 2.05) is 0 Å². The number of benzene rings is 1. The molecule has 2 heterocycles. The van der Waals surface area contributed by atoms with Gasteiger partial charge in [0.25, 0.3) is 0 Å². The number of hydrogen-bond acceptors (Lipinski definition) is 2. The van der Waals surface area contributed by atoms with Gasteiger partial charge < -0.3 is 9.64 Å². The number of nitrogens with zero attached hydrogens (tertiary/aromatic N) is 1. The topological polar surface area (TPSA) is 12.5 Å². The molecule has 92 valence electrons. The summed E-state index contributed by atoms with van der Waals surface area (Å²) in [5.74, 6) is 0. The van der Waals surface area contributed by atoms with Crippen molar-refractivity contribution in [2.75, 3.05) is 18.0 Å². The number of anilines is 1. The third-order valence-corrected chi connectivity index (χ3v) is 4.67. The average Bonchev–Trinajstić information content (AvgIpc) is 2.68. The molecular formula is C13H15Br2NO. The maximum atomic E-state index is 5.89. The zero-order valence-electron chi connectivity index (χ0n) is 9.53. The summed E-state index contributed by atoms with van der Waals surface area (Å²) in [6, 6.07) is 6.52. The van der Waals surface area contributed by atoms with Gasteiger partial charge in [-0.3, -0.25) is 0 Å². The van der Waals surface area contributed by atoms with E-state index in [-0.39, 0.29) is 0 Å². The van der Waals surface area contributed by atoms with E-state index in [4.69, 9.17) is 4.74 Å². The van der Waals surface area contributed by atoms with E-state index in [9.17, 15) is 0 Å². The molecule has 2 aliphatic rings. The van der Waals surface area contributed by atoms with Crippen molar-refractivity contribution in [3.05, 3.63) is 28.2 Å². The predicted octanol–water partition coefficient (Wildman–Crippen LogP) is 3.71. The predicted molar refractivity (Wildman–Crippen MR) is 76.9 cm³/mol. The van der Waals surface area contributed by atoms with Crippen molar-refractivity contribution >= 4 is 37.5 Å². The van der Waals surface area contributed by atoms with Gasteiger partial charge in [-0.15, -0.1) is 0 Å². The normalized spacial score (nSPS) is 27.5. The number of fused-ring (bicyclic) bond motifs is 2. The van der Waals surface area contributed by atoms with Gasteiger partial charge in [-0.25, -0.2) is 0 Å². The van der Waals surface area contributed by atoms with Crippen molar-refractivity contribution in [2.45, 2.75) is 30.4 Å². The van der Waals surface area contributed by atoms with Crippen LogP contribution < -0.4 is 4.90 Å². The molecule has 2 atom stereocenters. The standard InChI is InChI=1S/C13H15Br2NO/c14-6-9-1-2-10(15)5-13(9)16-7-11-3-4-12(8-16)17-11/h1-2,5,11-12H,3-4,6-8H2. The number of rotatable bonds is 2. The van der Waals surface area contributed by atoms with Crippen LogP contribution in [0.25, 0.3) is 0 Å². The largest absolute Gasteiger partial charge is 0.371 e. The fraction of sp³-hybridized carbons (Fsp3) is 0.538. The Kier molecular flexibility index (Phi) is 3.46. The molecule has 2 nitrogen and oxygen atoms in total. The molecule has 2 saturated heterocycles. The van der Waals surface area contributed by atoms with Gasteiger partial charge in [-0.05, 0) is 30.5 Å². The molecule has 3 rings (SSSR count). The number of halogens is 2. The van der Waals surface area contributed by atoms with E-state index in [1.54, 1.807) is 0 Å². The highest BCUT2D eigenvalue weighted by Crippen LogP contribution is 2.33. The summed E-state index contributed by atoms with van der Waals surface area (Å²) in [5, 5.41) is 0.905. The Morgan fingerprint density at radius 3 is 2.59 bits per heavy atom. The number of hydrogen-bond donors (Lipinski definition) is 0. The summed E-state index contributed by atoms with van der Waals surface area (Å²) in [5.41, 5.74) is 2.70. The lowest BCUT2D eigenvalue weighted by Crippen LogP contribution is -2.43. The molecule has 0 N–H and O–H groups in total. The second kappa shape index (κ2) is 4.90. The molecule has 4 heteroatoms. The summed E-state index contributed by atoms with van der Waals surface area (Å²) < 4.78 is 7.04. The maximum Gasteiger partial charge on any atom is 0.0755 e. The average molecular weight is 361 g/mol. The Labute approximate surface area is 119 Å². The maximum absolute atomic E-state index is 5.89. The third kappa shape index (κ3) is 2.40. The Morgan fingerprint density at radius 2 is 1.94 bits per heavy atom. The fourth-order valence-electron chi connectivity index (χ4n) is 2.76. The second-order valence-electron chi connectivity index (χ2n) is 4.77. The van der Waals surface area contributed by atoms with Crippen LogP contribution in [0.15, 0.2) is 22.7 Å². The van der Waals surface area contributed by atoms with E-state index >= 15 is 0 Å². The summed E-state index contributed by atoms with van der Waals surface area (Å²) in [7, 11) is 0. The molecule has 0 amide bonds. The lowest BCUT2D eigenvalue weighted by atomic mass is 10.1. The minimum absolute atomic E-state index is 0.441. The molecule has 2 bridgehead atoms. The molecule has 2 fully saturated rings. The minimum Gasteiger partial charge on any atom is -0.371 e. The van der Waals surface area contributed by atoms with Crippen molar-refractivity contribution in [1.29, 1.82) is 0 Å². The highest BCUT2D eigenvalue weighted by Gasteiger charge is 2.34. The van der Waals surface area contributed by atoms with Crippen LogP contribution in [-0.2, 0) is 10.1 Å². The van der Waals surface area contributed by atoms with Crippen molar-refractivity contribution in [1.82, 2.24) is 0 Å². The Morgan fingerprint density at radius 1 is 1.24 bits per heavy atom. The molecule has 1 aromatic carbocycles. The first kappa shape index (κ1) is 12.0. The molecule has 17 heavy (non-hydrogen) atoms. The fourth-order valence-corrected chi connectivity index (χ4v) is 3.58. The van der Waals surface area contributed by atoms with Crippen molar-refractivity contribution in [3.8, 4) is 0 Å². The second-order valence-corrected chi connectivity index (χ2v) is 6.25. The van der Waals surface area contributed by atoms with Gasteiger partial charge >= 0.3 is 0 Å². The van der Waals surface area contributed by atoms with Crippen LogP contribution in [0.4, 0.5) is 5.69 Å². The van der Waals surface area contributed by atoms with E-state index in [1.165, 1.54) is 24.1 Å². The van der Waals surface area contributed by atoms with Crippen molar-refractivity contribution in [2.24, 2.45) is 0 Å². The van der Waals surface area contributed by atoms with Crippen LogP contribution in [-0.4, -0.2) is 25.3 Å². The van der Waals surface area contributed by atoms with E-state index in [0.29, 0.717) is 12.2 Å². The van der Waals surface area contributed by atoms with Crippen LogP contribution in [0.5, 0.6) is 0 Å². The Hall–Kier alpha value is -0.0600. The van der Waals surface area contributed by atoms with E-state index in [2.05, 4.69) is 55.0 Å². The van der Waals surface area contributed by atoms with E-state index < -0.39 is 0 Å². The molecule has 2 unspecified atom stereocenters. The molecular weight excluding hydrogens is 346 g/mol. The van der Waals surface area contributed by atoms with E-state index in [0.717, 1.165) is 22.9 Å². The highest BCUT2D eigenvalue weighted by atomic mass is 79.9. The summed E-state index contributed by atoms with van der Waals surface area (Å²) in [6.45, 7) is 2.07. The van der Waals surface area contributed by atoms with Gasteiger partial charge in [0.05, 0.1) is 12.2 Å². The molecule has 0 radical (unpaired) electrons. The number of ether oxygens (including phenoxy) is 1. The smallest absolute Gasteiger partial charge is 0.0755 e. The summed E-state index contributed by atoms with van der Waals surface area (Å²) in [6.07, 6.45) is 3.32. The lowest BCUT2D eigenvalue weighted by molar-refractivity contribution is 0.0304. The van der Waals surface area contributed by atoms with Crippen LogP contribution in [0.1, 0.15) is 18.4 Å². The highest BCUT2D eigenvalue weighted by molar-refractivity contribution is 9.10. The zero-order chi connectivity index (χ0) is 11.8. The number of alkyl halides is 1. The first-order valence-electron chi connectivity index (χ1n) is 6.01. The Balaban J connectivity index is 1.90. The molecule has 0 spiro atoms. The Bertz CT molecular complexity index is 412. The lowest BCUT2D eigenvalue weighted by Gasteiger charge is -2.35. The quantitative estimate of drug-likeness (QED) is 0.745. The monoisotopic (exact) mass is 359 g/mol.